The number of ketones is 1. The standard InChI is InChI=1S/C25H26N2O6.ClH/c1-31-17-7-5-6-16(12-17)24(28)23-19-14-22(33-11-10-27-8-3-4-9-27)21(32-2)13-18(19)20(15-26-23)25(29)30;/h5-7,12-15H,3-4,8-11H2,1-2H3,(H,29,30);1H. The predicted octanol–water partition coefficient (Wildman–Crippen LogP) is 4.08. The first kappa shape index (κ1) is 25.3. The SMILES string of the molecule is COc1cccc(C(=O)c2ncc(C(=O)O)c3cc(OC)c(OCCN4CCCC4)cc23)c1.Cl. The van der Waals surface area contributed by atoms with Crippen LogP contribution in [0.3, 0.4) is 0 Å². The van der Waals surface area contributed by atoms with Crippen LogP contribution in [-0.2, 0) is 0 Å². The van der Waals surface area contributed by atoms with Crippen LogP contribution in [0.5, 0.6) is 17.2 Å². The van der Waals surface area contributed by atoms with E-state index in [0.717, 1.165) is 19.6 Å². The van der Waals surface area contributed by atoms with Crippen LogP contribution < -0.4 is 14.2 Å². The zero-order chi connectivity index (χ0) is 23.4. The second-order valence-corrected chi connectivity index (χ2v) is 7.83. The molecule has 1 aliphatic rings. The summed E-state index contributed by atoms with van der Waals surface area (Å²) in [5, 5.41) is 10.4. The number of carbonyl (C=O) groups is 2. The Kier molecular flexibility index (Phi) is 8.31. The number of carboxylic acids is 1. The Morgan fingerprint density at radius 3 is 2.44 bits per heavy atom. The van der Waals surface area contributed by atoms with Gasteiger partial charge in [-0.15, -0.1) is 12.4 Å². The van der Waals surface area contributed by atoms with E-state index in [9.17, 15) is 14.7 Å². The minimum Gasteiger partial charge on any atom is -0.497 e. The predicted molar refractivity (Wildman–Crippen MR) is 130 cm³/mol. The number of nitrogens with zero attached hydrogens (tertiary/aromatic N) is 2. The molecular formula is C25H27ClN2O6. The maximum absolute atomic E-state index is 13.3. The second-order valence-electron chi connectivity index (χ2n) is 7.83. The van der Waals surface area contributed by atoms with E-state index < -0.39 is 5.97 Å². The van der Waals surface area contributed by atoms with Gasteiger partial charge < -0.3 is 19.3 Å². The molecule has 3 aromatic rings. The summed E-state index contributed by atoms with van der Waals surface area (Å²) in [7, 11) is 3.02. The van der Waals surface area contributed by atoms with Crippen LogP contribution in [0, 0.1) is 0 Å². The molecule has 0 aliphatic carbocycles. The number of benzene rings is 2. The van der Waals surface area contributed by atoms with Gasteiger partial charge in [-0.2, -0.15) is 0 Å². The van der Waals surface area contributed by atoms with E-state index in [2.05, 4.69) is 9.88 Å². The van der Waals surface area contributed by atoms with E-state index >= 15 is 0 Å². The van der Waals surface area contributed by atoms with Crippen LogP contribution in [-0.4, -0.2) is 67.2 Å². The van der Waals surface area contributed by atoms with E-state index in [1.165, 1.54) is 33.3 Å². The molecule has 2 heterocycles. The molecule has 8 nitrogen and oxygen atoms in total. The molecule has 180 valence electrons. The van der Waals surface area contributed by atoms with E-state index in [-0.39, 0.29) is 29.4 Å². The van der Waals surface area contributed by atoms with Crippen molar-refractivity contribution in [3.8, 4) is 17.2 Å². The van der Waals surface area contributed by atoms with Gasteiger partial charge in [-0.1, -0.05) is 12.1 Å². The molecule has 1 saturated heterocycles. The average Bonchev–Trinajstić information content (AvgIpc) is 3.36. The Bertz CT molecular complexity index is 1190. The fourth-order valence-electron chi connectivity index (χ4n) is 4.06. The maximum Gasteiger partial charge on any atom is 0.337 e. The van der Waals surface area contributed by atoms with Gasteiger partial charge in [0.1, 0.15) is 18.1 Å². The van der Waals surface area contributed by atoms with Gasteiger partial charge >= 0.3 is 5.97 Å². The summed E-state index contributed by atoms with van der Waals surface area (Å²) in [4.78, 5) is 31.7. The van der Waals surface area contributed by atoms with Gasteiger partial charge in [-0.05, 0) is 50.2 Å². The Hall–Kier alpha value is -3.36. The molecule has 0 saturated carbocycles. The molecule has 0 bridgehead atoms. The minimum atomic E-state index is -1.14. The van der Waals surface area contributed by atoms with Gasteiger partial charge in [0.2, 0.25) is 5.78 Å². The van der Waals surface area contributed by atoms with Gasteiger partial charge in [0.15, 0.2) is 11.5 Å². The van der Waals surface area contributed by atoms with Gasteiger partial charge in [0.05, 0.1) is 19.8 Å². The Morgan fingerprint density at radius 2 is 1.76 bits per heavy atom. The number of methoxy groups -OCH3 is 2. The van der Waals surface area contributed by atoms with E-state index in [4.69, 9.17) is 14.2 Å². The van der Waals surface area contributed by atoms with Crippen molar-refractivity contribution >= 4 is 34.9 Å². The number of likely N-dealkylation sites (tertiary alicyclic amines) is 1. The third-order valence-corrected chi connectivity index (χ3v) is 5.81. The molecule has 0 unspecified atom stereocenters. The van der Waals surface area contributed by atoms with Gasteiger partial charge in [0, 0.05) is 29.1 Å². The molecule has 1 aliphatic heterocycles. The number of aromatic nitrogens is 1. The van der Waals surface area contributed by atoms with Crippen molar-refractivity contribution in [1.82, 2.24) is 9.88 Å². The first-order chi connectivity index (χ1) is 16.0. The molecular weight excluding hydrogens is 460 g/mol. The summed E-state index contributed by atoms with van der Waals surface area (Å²) in [5.74, 6) is -0.104. The summed E-state index contributed by atoms with van der Waals surface area (Å²) >= 11 is 0. The highest BCUT2D eigenvalue weighted by molar-refractivity contribution is 6.18. The summed E-state index contributed by atoms with van der Waals surface area (Å²) in [6.45, 7) is 3.35. The maximum atomic E-state index is 13.3. The van der Waals surface area contributed by atoms with Crippen LogP contribution in [0.4, 0.5) is 0 Å². The largest absolute Gasteiger partial charge is 0.497 e. The molecule has 1 fully saturated rings. The number of rotatable bonds is 9. The van der Waals surface area contributed by atoms with Crippen LogP contribution in [0.1, 0.15) is 39.3 Å². The second kappa shape index (κ2) is 11.2. The fourth-order valence-corrected chi connectivity index (χ4v) is 4.06. The first-order valence-corrected chi connectivity index (χ1v) is 10.8. The zero-order valence-electron chi connectivity index (χ0n) is 19.1. The summed E-state index contributed by atoms with van der Waals surface area (Å²) in [6, 6.07) is 9.99. The molecule has 0 radical (unpaired) electrons. The monoisotopic (exact) mass is 486 g/mol. The van der Waals surface area contributed by atoms with Crippen LogP contribution in [0.25, 0.3) is 10.8 Å². The lowest BCUT2D eigenvalue weighted by molar-refractivity contribution is 0.0698. The Balaban J connectivity index is 0.00000324. The Morgan fingerprint density at radius 1 is 1.03 bits per heavy atom. The van der Waals surface area contributed by atoms with Crippen molar-refractivity contribution < 1.29 is 28.9 Å². The van der Waals surface area contributed by atoms with E-state index in [1.807, 2.05) is 0 Å². The summed E-state index contributed by atoms with van der Waals surface area (Å²) in [6.07, 6.45) is 3.59. The van der Waals surface area contributed by atoms with Crippen LogP contribution in [0.15, 0.2) is 42.6 Å². The van der Waals surface area contributed by atoms with Crippen molar-refractivity contribution in [2.45, 2.75) is 12.8 Å². The van der Waals surface area contributed by atoms with Crippen molar-refractivity contribution in [1.29, 1.82) is 0 Å². The molecule has 1 N–H and O–H groups in total. The van der Waals surface area contributed by atoms with Crippen molar-refractivity contribution in [3.05, 3.63) is 59.4 Å². The molecule has 2 aromatic carbocycles. The highest BCUT2D eigenvalue weighted by atomic mass is 35.5. The quantitative estimate of drug-likeness (QED) is 0.452. The van der Waals surface area contributed by atoms with E-state index in [1.54, 1.807) is 36.4 Å². The molecule has 4 rings (SSSR count). The number of ether oxygens (including phenoxy) is 3. The number of carboxylic acid groups (broad SMARTS) is 1. The Labute approximate surface area is 203 Å². The lowest BCUT2D eigenvalue weighted by Gasteiger charge is -2.17. The van der Waals surface area contributed by atoms with Gasteiger partial charge in [0.25, 0.3) is 0 Å². The van der Waals surface area contributed by atoms with Crippen LogP contribution >= 0.6 is 12.4 Å². The molecule has 9 heteroatoms. The molecule has 0 atom stereocenters. The summed E-state index contributed by atoms with van der Waals surface area (Å²) in [5.41, 5.74) is 0.503. The smallest absolute Gasteiger partial charge is 0.337 e. The zero-order valence-corrected chi connectivity index (χ0v) is 19.9. The third-order valence-electron chi connectivity index (χ3n) is 5.81. The third kappa shape index (κ3) is 5.24. The highest BCUT2D eigenvalue weighted by Crippen LogP contribution is 2.36. The van der Waals surface area contributed by atoms with Crippen molar-refractivity contribution in [2.24, 2.45) is 0 Å². The van der Waals surface area contributed by atoms with Gasteiger partial charge in [-0.25, -0.2) is 4.79 Å². The number of hydrogen-bond acceptors (Lipinski definition) is 7. The van der Waals surface area contributed by atoms with E-state index in [0.29, 0.717) is 40.2 Å². The average molecular weight is 487 g/mol. The number of halogens is 1. The fraction of sp³-hybridized carbons (Fsp3) is 0.320. The lowest BCUT2D eigenvalue weighted by Crippen LogP contribution is -2.25. The van der Waals surface area contributed by atoms with Crippen molar-refractivity contribution in [3.63, 3.8) is 0 Å². The normalized spacial score (nSPS) is 13.4. The molecule has 34 heavy (non-hydrogen) atoms. The molecule has 0 amide bonds. The first-order valence-electron chi connectivity index (χ1n) is 10.8. The number of carbonyl (C=O) groups excluding carboxylic acids is 1. The number of hydrogen-bond donors (Lipinski definition) is 1. The van der Waals surface area contributed by atoms with Crippen molar-refractivity contribution in [2.75, 3.05) is 40.5 Å². The highest BCUT2D eigenvalue weighted by Gasteiger charge is 2.22. The number of pyridine rings is 1. The number of fused-ring (bicyclic) bond motifs is 1. The minimum absolute atomic E-state index is 0. The molecule has 0 spiro atoms. The molecule has 1 aromatic heterocycles. The topological polar surface area (TPSA) is 98.2 Å². The van der Waals surface area contributed by atoms with Crippen LogP contribution in [0.2, 0.25) is 0 Å². The number of aromatic carboxylic acids is 1. The summed E-state index contributed by atoms with van der Waals surface area (Å²) < 4.78 is 16.7. The lowest BCUT2D eigenvalue weighted by atomic mass is 9.99. The van der Waals surface area contributed by atoms with Gasteiger partial charge in [-0.3, -0.25) is 14.7 Å².